The minimum Gasteiger partial charge on any atom is -0.465 e. The number of aromatic nitrogens is 2. The molecule has 0 aliphatic rings. The molecule has 0 aliphatic heterocycles. The molecule has 0 atom stereocenters. The second kappa shape index (κ2) is 4.07. The Kier molecular flexibility index (Phi) is 3.06. The van der Waals surface area contributed by atoms with Crippen molar-refractivity contribution in [2.45, 2.75) is 27.3 Å². The van der Waals surface area contributed by atoms with Gasteiger partial charge in [0.05, 0.1) is 6.61 Å². The van der Waals surface area contributed by atoms with Crippen LogP contribution in [0.1, 0.15) is 19.4 Å². The topological polar surface area (TPSA) is 44.1 Å². The number of hydrogen-bond donors (Lipinski definition) is 0. The first-order chi connectivity index (χ1) is 6.20. The molecule has 0 fully saturated rings. The first-order valence-electron chi connectivity index (χ1n) is 4.40. The third kappa shape index (κ3) is 1.88. The van der Waals surface area contributed by atoms with Crippen molar-refractivity contribution >= 4 is 0 Å². The minimum atomic E-state index is -0.0269. The zero-order valence-electron chi connectivity index (χ0n) is 8.20. The van der Waals surface area contributed by atoms with Crippen molar-refractivity contribution in [3.8, 4) is 6.01 Å². The van der Waals surface area contributed by atoms with Crippen LogP contribution in [0, 0.1) is 6.92 Å². The molecule has 0 amide bonds. The molecule has 13 heavy (non-hydrogen) atoms. The third-order valence-electron chi connectivity index (χ3n) is 1.77. The third-order valence-corrected chi connectivity index (χ3v) is 1.77. The van der Waals surface area contributed by atoms with E-state index < -0.39 is 0 Å². The summed E-state index contributed by atoms with van der Waals surface area (Å²) in [6, 6.07) is 0.403. The lowest BCUT2D eigenvalue weighted by molar-refractivity contribution is 0.289. The van der Waals surface area contributed by atoms with Crippen LogP contribution in [0.2, 0.25) is 0 Å². The van der Waals surface area contributed by atoms with Gasteiger partial charge in [0.2, 0.25) is 0 Å². The van der Waals surface area contributed by atoms with Crippen molar-refractivity contribution in [3.63, 3.8) is 0 Å². The van der Waals surface area contributed by atoms with E-state index in [0.29, 0.717) is 24.7 Å². The van der Waals surface area contributed by atoms with E-state index in [1.165, 1.54) is 4.57 Å². The average Bonchev–Trinajstić information content (AvgIpc) is 2.12. The number of ether oxygens (including phenoxy) is 1. The Morgan fingerprint density at radius 1 is 1.54 bits per heavy atom. The van der Waals surface area contributed by atoms with Crippen molar-refractivity contribution in [2.75, 3.05) is 6.61 Å². The van der Waals surface area contributed by atoms with Gasteiger partial charge in [-0.2, -0.15) is 0 Å². The van der Waals surface area contributed by atoms with Crippen LogP contribution in [0.4, 0.5) is 0 Å². The van der Waals surface area contributed by atoms with Crippen LogP contribution in [0.5, 0.6) is 6.01 Å². The summed E-state index contributed by atoms with van der Waals surface area (Å²) in [4.78, 5) is 15.6. The summed E-state index contributed by atoms with van der Waals surface area (Å²) in [7, 11) is 0. The number of hydrogen-bond acceptors (Lipinski definition) is 3. The Balaban J connectivity index is 3.22. The lowest BCUT2D eigenvalue weighted by atomic mass is 10.4. The minimum absolute atomic E-state index is 0.0269. The molecule has 0 aromatic carbocycles. The molecule has 0 saturated heterocycles. The number of aryl methyl sites for hydroxylation is 1. The zero-order valence-corrected chi connectivity index (χ0v) is 8.20. The van der Waals surface area contributed by atoms with Gasteiger partial charge in [0, 0.05) is 18.3 Å². The van der Waals surface area contributed by atoms with Crippen LogP contribution in [-0.4, -0.2) is 16.2 Å². The lowest BCUT2D eigenvalue weighted by Gasteiger charge is -2.09. The molecule has 0 unspecified atom stereocenters. The fourth-order valence-corrected chi connectivity index (χ4v) is 1.10. The summed E-state index contributed by atoms with van der Waals surface area (Å²) >= 11 is 0. The fraction of sp³-hybridized carbons (Fsp3) is 0.556. The van der Waals surface area contributed by atoms with E-state index in [0.717, 1.165) is 0 Å². The Hall–Kier alpha value is -1.32. The molecule has 1 aromatic heterocycles. The molecule has 4 nitrogen and oxygen atoms in total. The molecule has 0 N–H and O–H groups in total. The molecule has 0 saturated carbocycles. The molecule has 0 aliphatic carbocycles. The van der Waals surface area contributed by atoms with Gasteiger partial charge in [-0.1, -0.05) is 0 Å². The molecule has 72 valence electrons. The van der Waals surface area contributed by atoms with Gasteiger partial charge in [0.15, 0.2) is 0 Å². The van der Waals surface area contributed by atoms with Gasteiger partial charge in [-0.05, 0) is 20.8 Å². The Labute approximate surface area is 77.2 Å². The first kappa shape index (κ1) is 9.77. The summed E-state index contributed by atoms with van der Waals surface area (Å²) in [5.74, 6) is 0. The molecular weight excluding hydrogens is 168 g/mol. The summed E-state index contributed by atoms with van der Waals surface area (Å²) in [5, 5.41) is 0. The second-order valence-corrected chi connectivity index (χ2v) is 2.71. The van der Waals surface area contributed by atoms with Gasteiger partial charge in [0.25, 0.3) is 11.6 Å². The second-order valence-electron chi connectivity index (χ2n) is 2.71. The lowest BCUT2D eigenvalue weighted by Crippen LogP contribution is -2.24. The monoisotopic (exact) mass is 182 g/mol. The normalized spacial score (nSPS) is 10.1. The van der Waals surface area contributed by atoms with Gasteiger partial charge in [-0.15, -0.1) is 0 Å². The Morgan fingerprint density at radius 2 is 2.23 bits per heavy atom. The molecule has 0 bridgehead atoms. The van der Waals surface area contributed by atoms with Crippen LogP contribution in [0.15, 0.2) is 11.0 Å². The smallest absolute Gasteiger partial charge is 0.299 e. The highest BCUT2D eigenvalue weighted by atomic mass is 16.5. The largest absolute Gasteiger partial charge is 0.465 e. The van der Waals surface area contributed by atoms with Crippen molar-refractivity contribution in [1.29, 1.82) is 0 Å². The van der Waals surface area contributed by atoms with Crippen molar-refractivity contribution in [3.05, 3.63) is 22.1 Å². The average molecular weight is 182 g/mol. The van der Waals surface area contributed by atoms with Crippen LogP contribution in [-0.2, 0) is 6.54 Å². The van der Waals surface area contributed by atoms with E-state index in [1.807, 2.05) is 13.8 Å². The van der Waals surface area contributed by atoms with Gasteiger partial charge in [0.1, 0.15) is 0 Å². The highest BCUT2D eigenvalue weighted by Gasteiger charge is 2.05. The maximum atomic E-state index is 11.5. The molecule has 1 aromatic rings. The quantitative estimate of drug-likeness (QED) is 0.699. The van der Waals surface area contributed by atoms with Gasteiger partial charge < -0.3 is 4.74 Å². The molecule has 1 heterocycles. The highest BCUT2D eigenvalue weighted by Crippen LogP contribution is 2.03. The van der Waals surface area contributed by atoms with E-state index in [2.05, 4.69) is 4.98 Å². The predicted octanol–water partition coefficient (Wildman–Crippen LogP) is 0.970. The van der Waals surface area contributed by atoms with E-state index in [4.69, 9.17) is 4.74 Å². The standard InChI is InChI=1S/C9H14N2O2/c1-4-11-8(12)7(3)6-10-9(11)13-5-2/h6H,4-5H2,1-3H3. The highest BCUT2D eigenvalue weighted by molar-refractivity contribution is 5.08. The van der Waals surface area contributed by atoms with E-state index in [1.54, 1.807) is 13.1 Å². The summed E-state index contributed by atoms with van der Waals surface area (Å²) in [6.45, 7) is 6.62. The maximum Gasteiger partial charge on any atom is 0.299 e. The van der Waals surface area contributed by atoms with Crippen molar-refractivity contribution < 1.29 is 4.74 Å². The molecule has 4 heteroatoms. The SMILES string of the molecule is CCOc1ncc(C)c(=O)n1CC. The van der Waals surface area contributed by atoms with Crippen LogP contribution in [0.3, 0.4) is 0 Å². The molecule has 0 spiro atoms. The van der Waals surface area contributed by atoms with Gasteiger partial charge in [-0.25, -0.2) is 4.98 Å². The summed E-state index contributed by atoms with van der Waals surface area (Å²) in [5.41, 5.74) is 0.617. The molecule has 1 rings (SSSR count). The summed E-state index contributed by atoms with van der Waals surface area (Å²) in [6.07, 6.45) is 1.54. The summed E-state index contributed by atoms with van der Waals surface area (Å²) < 4.78 is 6.74. The Morgan fingerprint density at radius 3 is 2.77 bits per heavy atom. The number of rotatable bonds is 3. The van der Waals surface area contributed by atoms with Crippen LogP contribution >= 0.6 is 0 Å². The van der Waals surface area contributed by atoms with E-state index in [-0.39, 0.29) is 5.56 Å². The first-order valence-corrected chi connectivity index (χ1v) is 4.40. The fourth-order valence-electron chi connectivity index (χ4n) is 1.10. The molecular formula is C9H14N2O2. The van der Waals surface area contributed by atoms with Crippen molar-refractivity contribution in [2.24, 2.45) is 0 Å². The molecule has 0 radical (unpaired) electrons. The van der Waals surface area contributed by atoms with Crippen molar-refractivity contribution in [1.82, 2.24) is 9.55 Å². The van der Waals surface area contributed by atoms with Gasteiger partial charge in [-0.3, -0.25) is 9.36 Å². The number of nitrogens with zero attached hydrogens (tertiary/aromatic N) is 2. The van der Waals surface area contributed by atoms with E-state index in [9.17, 15) is 4.79 Å². The van der Waals surface area contributed by atoms with Crippen LogP contribution < -0.4 is 10.3 Å². The predicted molar refractivity (Wildman–Crippen MR) is 50.1 cm³/mol. The maximum absolute atomic E-state index is 11.5. The Bertz CT molecular complexity index is 344. The van der Waals surface area contributed by atoms with Gasteiger partial charge >= 0.3 is 0 Å². The van der Waals surface area contributed by atoms with Crippen LogP contribution in [0.25, 0.3) is 0 Å². The zero-order chi connectivity index (χ0) is 9.84. The van der Waals surface area contributed by atoms with E-state index >= 15 is 0 Å².